The minimum Gasteiger partial charge on any atom is -0.429 e. The summed E-state index contributed by atoms with van der Waals surface area (Å²) in [5.41, 5.74) is -2.26. The number of nitrogens with zero attached hydrogens (tertiary/aromatic N) is 1. The van der Waals surface area contributed by atoms with E-state index in [-0.39, 0.29) is 12.1 Å². The maximum atomic E-state index is 14.4. The van der Waals surface area contributed by atoms with E-state index in [0.29, 0.717) is 30.5 Å². The van der Waals surface area contributed by atoms with E-state index in [9.17, 15) is 35.1 Å². The van der Waals surface area contributed by atoms with Crippen molar-refractivity contribution in [3.63, 3.8) is 0 Å². The second-order valence-corrected chi connectivity index (χ2v) is 6.56. The molecule has 31 heavy (non-hydrogen) atoms. The van der Waals surface area contributed by atoms with Crippen molar-refractivity contribution in [2.24, 2.45) is 0 Å². The molecule has 3 rings (SSSR count). The van der Waals surface area contributed by atoms with Gasteiger partial charge >= 0.3 is 6.11 Å². The molecule has 0 N–H and O–H groups in total. The molecule has 0 saturated heterocycles. The lowest BCUT2D eigenvalue weighted by Gasteiger charge is -2.20. The molecule has 2 nitrogen and oxygen atoms in total. The third kappa shape index (κ3) is 4.62. The van der Waals surface area contributed by atoms with Crippen molar-refractivity contribution < 1.29 is 39.9 Å². The van der Waals surface area contributed by atoms with Gasteiger partial charge < -0.3 is 4.74 Å². The highest BCUT2D eigenvalue weighted by Crippen LogP contribution is 2.37. The van der Waals surface area contributed by atoms with Crippen LogP contribution in [0.2, 0.25) is 0 Å². The molecule has 3 aromatic rings. The Balaban J connectivity index is 1.98. The number of ether oxygens (including phenoxy) is 1. The Kier molecular flexibility index (Phi) is 6.19. The predicted molar refractivity (Wildman–Crippen MR) is 94.4 cm³/mol. The minimum atomic E-state index is -4.74. The van der Waals surface area contributed by atoms with E-state index in [1.807, 2.05) is 6.92 Å². The molecular weight excluding hydrogens is 434 g/mol. The van der Waals surface area contributed by atoms with Crippen molar-refractivity contribution in [2.45, 2.75) is 25.9 Å². The predicted octanol–water partition coefficient (Wildman–Crippen LogP) is 6.66. The van der Waals surface area contributed by atoms with E-state index >= 15 is 0 Å². The monoisotopic (exact) mass is 447 g/mol. The van der Waals surface area contributed by atoms with Crippen LogP contribution >= 0.6 is 0 Å². The van der Waals surface area contributed by atoms with Crippen LogP contribution in [0.15, 0.2) is 36.5 Å². The number of hydrogen-bond acceptors (Lipinski definition) is 2. The summed E-state index contributed by atoms with van der Waals surface area (Å²) in [7, 11) is 0. The first kappa shape index (κ1) is 22.5. The van der Waals surface area contributed by atoms with Gasteiger partial charge in [-0.3, -0.25) is 4.98 Å². The van der Waals surface area contributed by atoms with E-state index in [2.05, 4.69) is 9.72 Å². The van der Waals surface area contributed by atoms with Gasteiger partial charge in [-0.1, -0.05) is 13.3 Å². The Hall–Kier alpha value is -3.17. The molecule has 164 valence electrons. The summed E-state index contributed by atoms with van der Waals surface area (Å²) >= 11 is 0. The van der Waals surface area contributed by atoms with Crippen LogP contribution in [0.5, 0.6) is 5.75 Å². The molecule has 0 bridgehead atoms. The fourth-order valence-electron chi connectivity index (χ4n) is 2.89. The molecule has 10 heteroatoms. The van der Waals surface area contributed by atoms with Gasteiger partial charge in [0.15, 0.2) is 17.5 Å². The van der Waals surface area contributed by atoms with Crippen molar-refractivity contribution in [1.82, 2.24) is 4.98 Å². The first-order valence-electron chi connectivity index (χ1n) is 8.89. The van der Waals surface area contributed by atoms with Crippen molar-refractivity contribution in [2.75, 3.05) is 0 Å². The van der Waals surface area contributed by atoms with Crippen molar-refractivity contribution >= 4 is 0 Å². The van der Waals surface area contributed by atoms with Gasteiger partial charge in [-0.2, -0.15) is 8.78 Å². The van der Waals surface area contributed by atoms with Gasteiger partial charge in [0.2, 0.25) is 0 Å². The second-order valence-electron chi connectivity index (χ2n) is 6.56. The molecule has 0 aliphatic rings. The molecule has 0 atom stereocenters. The molecule has 1 heterocycles. The summed E-state index contributed by atoms with van der Waals surface area (Å²) < 4.78 is 115. The van der Waals surface area contributed by atoms with Gasteiger partial charge in [-0.15, -0.1) is 0 Å². The number of hydrogen-bond donors (Lipinski definition) is 0. The fraction of sp³-hybridized carbons (Fsp3) is 0.190. The number of aromatic nitrogens is 1. The van der Waals surface area contributed by atoms with E-state index in [1.165, 1.54) is 6.20 Å². The number of rotatable bonds is 6. The summed E-state index contributed by atoms with van der Waals surface area (Å²) in [5.74, 6) is -11.4. The zero-order valence-corrected chi connectivity index (χ0v) is 15.8. The van der Waals surface area contributed by atoms with Crippen molar-refractivity contribution in [1.29, 1.82) is 0 Å². The minimum absolute atomic E-state index is 0.0909. The van der Waals surface area contributed by atoms with Crippen molar-refractivity contribution in [3.05, 3.63) is 82.6 Å². The molecule has 0 fully saturated rings. The highest BCUT2D eigenvalue weighted by Gasteiger charge is 2.41. The summed E-state index contributed by atoms with van der Waals surface area (Å²) in [6.07, 6.45) is -2.23. The Morgan fingerprint density at radius 1 is 0.806 bits per heavy atom. The smallest absolute Gasteiger partial charge is 0.429 e. The van der Waals surface area contributed by atoms with Gasteiger partial charge in [-0.05, 0) is 30.2 Å². The van der Waals surface area contributed by atoms with Crippen LogP contribution in [-0.2, 0) is 12.5 Å². The summed E-state index contributed by atoms with van der Waals surface area (Å²) in [4.78, 5) is 3.79. The lowest BCUT2D eigenvalue weighted by molar-refractivity contribution is -0.189. The molecule has 0 spiro atoms. The number of alkyl halides is 2. The summed E-state index contributed by atoms with van der Waals surface area (Å²) in [6, 6.07) is 2.14. The number of aryl methyl sites for hydroxylation is 1. The highest BCUT2D eigenvalue weighted by molar-refractivity contribution is 5.61. The maximum absolute atomic E-state index is 14.4. The first-order chi connectivity index (χ1) is 14.5. The Morgan fingerprint density at radius 2 is 1.39 bits per heavy atom. The van der Waals surface area contributed by atoms with Gasteiger partial charge in [-0.25, -0.2) is 26.3 Å². The quantitative estimate of drug-likeness (QED) is 0.311. The van der Waals surface area contributed by atoms with Crippen LogP contribution < -0.4 is 4.74 Å². The maximum Gasteiger partial charge on any atom is 0.432 e. The number of benzene rings is 2. The third-order valence-electron chi connectivity index (χ3n) is 4.25. The average Bonchev–Trinajstić information content (AvgIpc) is 2.65. The molecular formula is C21H13F8NO. The van der Waals surface area contributed by atoms with E-state index in [4.69, 9.17) is 0 Å². The van der Waals surface area contributed by atoms with Crippen LogP contribution in [0.4, 0.5) is 35.1 Å². The molecule has 0 radical (unpaired) electrons. The van der Waals surface area contributed by atoms with E-state index in [0.717, 1.165) is 6.07 Å². The van der Waals surface area contributed by atoms with E-state index < -0.39 is 63.6 Å². The van der Waals surface area contributed by atoms with Gasteiger partial charge in [0.05, 0.1) is 0 Å². The molecule has 0 aliphatic heterocycles. The molecule has 0 unspecified atom stereocenters. The third-order valence-corrected chi connectivity index (χ3v) is 4.25. The first-order valence-corrected chi connectivity index (χ1v) is 8.89. The molecule has 0 aliphatic carbocycles. The lowest BCUT2D eigenvalue weighted by atomic mass is 10.0. The Labute approximate surface area is 171 Å². The van der Waals surface area contributed by atoms with Gasteiger partial charge in [0.1, 0.15) is 34.5 Å². The van der Waals surface area contributed by atoms with Crippen molar-refractivity contribution in [3.8, 4) is 17.0 Å². The Morgan fingerprint density at radius 3 is 1.90 bits per heavy atom. The SMILES string of the molecule is CCCc1cnc(-c2cc(F)c(C(F)(F)Oc3cc(F)c(F)c(F)c3)c(F)c2)c(F)c1. The average molecular weight is 447 g/mol. The number of pyridine rings is 1. The van der Waals surface area contributed by atoms with Crippen LogP contribution in [-0.4, -0.2) is 4.98 Å². The fourth-order valence-corrected chi connectivity index (χ4v) is 2.89. The normalized spacial score (nSPS) is 11.6. The highest BCUT2D eigenvalue weighted by atomic mass is 19.3. The van der Waals surface area contributed by atoms with Crippen LogP contribution in [0.3, 0.4) is 0 Å². The molecule has 0 amide bonds. The second kappa shape index (κ2) is 8.52. The van der Waals surface area contributed by atoms with Gasteiger partial charge in [0.25, 0.3) is 0 Å². The summed E-state index contributed by atoms with van der Waals surface area (Å²) in [5, 5.41) is 0. The molecule has 2 aromatic carbocycles. The standard InChI is InChI=1S/C21H13F8NO/c1-2-3-10-4-17(26)20(30-9-10)11-5-13(22)18(14(23)6-11)21(28,29)31-12-7-15(24)19(27)16(25)8-12/h4-9H,2-3H2,1H3. The van der Waals surface area contributed by atoms with E-state index in [1.54, 1.807) is 0 Å². The number of halogens is 8. The zero-order chi connectivity index (χ0) is 22.9. The Bertz CT molecular complexity index is 1090. The largest absolute Gasteiger partial charge is 0.432 e. The van der Waals surface area contributed by atoms with Gasteiger partial charge in [0, 0.05) is 23.9 Å². The molecule has 1 aromatic heterocycles. The topological polar surface area (TPSA) is 22.1 Å². The lowest BCUT2D eigenvalue weighted by Crippen LogP contribution is -2.25. The van der Waals surface area contributed by atoms with Crippen LogP contribution in [0.25, 0.3) is 11.3 Å². The summed E-state index contributed by atoms with van der Waals surface area (Å²) in [6.45, 7) is 1.85. The van der Waals surface area contributed by atoms with Crippen LogP contribution in [0.1, 0.15) is 24.5 Å². The zero-order valence-electron chi connectivity index (χ0n) is 15.8. The molecule has 0 saturated carbocycles. The van der Waals surface area contributed by atoms with Crippen LogP contribution in [0, 0.1) is 34.9 Å².